The summed E-state index contributed by atoms with van der Waals surface area (Å²) in [6, 6.07) is -0.322. The van der Waals surface area contributed by atoms with E-state index in [4.69, 9.17) is 0 Å². The number of aliphatic hydroxyl groups excluding tert-OH is 1. The topological polar surface area (TPSA) is 74.2 Å². The highest BCUT2D eigenvalue weighted by atomic mass is 32.1. The second kappa shape index (κ2) is 8.12. The van der Waals surface area contributed by atoms with Crippen molar-refractivity contribution in [3.05, 3.63) is 16.1 Å². The second-order valence-corrected chi connectivity index (χ2v) is 5.47. The van der Waals surface area contributed by atoms with Gasteiger partial charge in [-0.1, -0.05) is 20.3 Å². The quantitative estimate of drug-likeness (QED) is 0.720. The normalized spacial score (nSPS) is 13.9. The zero-order valence-corrected chi connectivity index (χ0v) is 12.6. The fourth-order valence-electron chi connectivity index (χ4n) is 1.73. The summed E-state index contributed by atoms with van der Waals surface area (Å²) in [6.45, 7) is 6.23. The molecule has 2 unspecified atom stereocenters. The van der Waals surface area contributed by atoms with Gasteiger partial charge in [-0.2, -0.15) is 0 Å². The van der Waals surface area contributed by atoms with Gasteiger partial charge in [-0.05, 0) is 19.8 Å². The monoisotopic (exact) mass is 285 g/mol. The lowest BCUT2D eigenvalue weighted by Crippen LogP contribution is -2.41. The lowest BCUT2D eigenvalue weighted by atomic mass is 10.2. The Balaban J connectivity index is 2.41. The Labute approximate surface area is 118 Å². The van der Waals surface area contributed by atoms with Crippen molar-refractivity contribution in [3.63, 3.8) is 0 Å². The Morgan fingerprint density at radius 1 is 1.53 bits per heavy atom. The summed E-state index contributed by atoms with van der Waals surface area (Å²) in [7, 11) is 0. The molecular formula is C13H23N3O2S. The summed E-state index contributed by atoms with van der Waals surface area (Å²) < 4.78 is 0. The zero-order valence-electron chi connectivity index (χ0n) is 11.8. The minimum absolute atomic E-state index is 0.0676. The largest absolute Gasteiger partial charge is 0.391 e. The highest BCUT2D eigenvalue weighted by molar-refractivity contribution is 7.09. The maximum atomic E-state index is 11.7. The fraction of sp³-hybridized carbons (Fsp3) is 0.692. The summed E-state index contributed by atoms with van der Waals surface area (Å²) in [5.74, 6) is 0. The van der Waals surface area contributed by atoms with Crippen molar-refractivity contribution in [2.45, 2.75) is 52.2 Å². The molecule has 0 fully saturated rings. The van der Waals surface area contributed by atoms with Gasteiger partial charge in [0.2, 0.25) is 0 Å². The molecule has 0 aromatic carbocycles. The van der Waals surface area contributed by atoms with Gasteiger partial charge in [0.1, 0.15) is 5.01 Å². The van der Waals surface area contributed by atoms with E-state index in [9.17, 15) is 9.90 Å². The van der Waals surface area contributed by atoms with Gasteiger partial charge in [0.05, 0.1) is 12.1 Å². The molecule has 1 aromatic heterocycles. The number of hydrogen-bond acceptors (Lipinski definition) is 4. The first-order valence-electron chi connectivity index (χ1n) is 6.71. The SMILES string of the molecule is CCCC(O)CNC(=O)NC(CC)c1nc(C)cs1. The first-order chi connectivity index (χ1) is 9.06. The van der Waals surface area contributed by atoms with Gasteiger partial charge < -0.3 is 15.7 Å². The van der Waals surface area contributed by atoms with E-state index in [-0.39, 0.29) is 18.6 Å². The molecule has 2 atom stereocenters. The maximum absolute atomic E-state index is 11.7. The molecule has 0 aliphatic rings. The average Bonchev–Trinajstić information content (AvgIpc) is 2.80. The van der Waals surface area contributed by atoms with Crippen LogP contribution in [0.25, 0.3) is 0 Å². The van der Waals surface area contributed by atoms with E-state index in [0.717, 1.165) is 23.5 Å². The standard InChI is InChI=1S/C13H23N3O2S/c1-4-6-10(17)7-14-13(18)16-11(5-2)12-15-9(3)8-19-12/h8,10-11,17H,4-7H2,1-3H3,(H2,14,16,18). The summed E-state index contributed by atoms with van der Waals surface area (Å²) in [6.07, 6.45) is 1.92. The van der Waals surface area contributed by atoms with Crippen LogP contribution in [-0.4, -0.2) is 28.8 Å². The van der Waals surface area contributed by atoms with E-state index in [0.29, 0.717) is 6.42 Å². The van der Waals surface area contributed by atoms with Crippen molar-refractivity contribution in [2.24, 2.45) is 0 Å². The molecule has 1 aromatic rings. The number of nitrogens with one attached hydrogen (secondary N) is 2. The predicted octanol–water partition coefficient (Wildman–Crippen LogP) is 2.36. The van der Waals surface area contributed by atoms with Crippen molar-refractivity contribution in [1.29, 1.82) is 0 Å². The Morgan fingerprint density at radius 2 is 2.26 bits per heavy atom. The third-order valence-corrected chi connectivity index (χ3v) is 3.84. The Bertz CT molecular complexity index is 395. The molecule has 0 spiro atoms. The van der Waals surface area contributed by atoms with Crippen molar-refractivity contribution in [1.82, 2.24) is 15.6 Å². The number of rotatable bonds is 7. The van der Waals surface area contributed by atoms with E-state index in [1.165, 1.54) is 0 Å². The predicted molar refractivity (Wildman–Crippen MR) is 77.3 cm³/mol. The van der Waals surface area contributed by atoms with Crippen LogP contribution in [0.5, 0.6) is 0 Å². The number of carbonyl (C=O) groups is 1. The highest BCUT2D eigenvalue weighted by Crippen LogP contribution is 2.20. The number of carbonyl (C=O) groups excluding carboxylic acids is 1. The molecule has 0 saturated carbocycles. The molecule has 0 aliphatic heterocycles. The molecule has 3 N–H and O–H groups in total. The molecule has 19 heavy (non-hydrogen) atoms. The van der Waals surface area contributed by atoms with Gasteiger partial charge >= 0.3 is 6.03 Å². The molecule has 0 radical (unpaired) electrons. The van der Waals surface area contributed by atoms with Crippen molar-refractivity contribution in [3.8, 4) is 0 Å². The number of aromatic nitrogens is 1. The van der Waals surface area contributed by atoms with E-state index < -0.39 is 6.10 Å². The number of amides is 2. The van der Waals surface area contributed by atoms with E-state index >= 15 is 0 Å². The van der Waals surface area contributed by atoms with Crippen LogP contribution in [0.2, 0.25) is 0 Å². The van der Waals surface area contributed by atoms with Gasteiger partial charge in [0.25, 0.3) is 0 Å². The second-order valence-electron chi connectivity index (χ2n) is 4.58. The number of thiazole rings is 1. The average molecular weight is 285 g/mol. The molecule has 1 heterocycles. The summed E-state index contributed by atoms with van der Waals surface area (Å²) in [5.41, 5.74) is 0.971. The lowest BCUT2D eigenvalue weighted by Gasteiger charge is -2.16. The van der Waals surface area contributed by atoms with Crippen LogP contribution in [0, 0.1) is 6.92 Å². The Kier molecular flexibility index (Phi) is 6.80. The molecule has 0 bridgehead atoms. The van der Waals surface area contributed by atoms with Gasteiger partial charge in [-0.15, -0.1) is 11.3 Å². The van der Waals surface area contributed by atoms with Crippen LogP contribution >= 0.6 is 11.3 Å². The van der Waals surface area contributed by atoms with Gasteiger partial charge in [0, 0.05) is 17.6 Å². The minimum atomic E-state index is -0.474. The van der Waals surface area contributed by atoms with Crippen LogP contribution in [0.3, 0.4) is 0 Å². The number of nitrogens with zero attached hydrogens (tertiary/aromatic N) is 1. The molecule has 0 aliphatic carbocycles. The summed E-state index contributed by atoms with van der Waals surface area (Å²) in [5, 5.41) is 18.0. The molecule has 6 heteroatoms. The lowest BCUT2D eigenvalue weighted by molar-refractivity contribution is 0.160. The van der Waals surface area contributed by atoms with E-state index in [1.54, 1.807) is 11.3 Å². The Morgan fingerprint density at radius 3 is 2.79 bits per heavy atom. The zero-order chi connectivity index (χ0) is 14.3. The third kappa shape index (κ3) is 5.57. The van der Waals surface area contributed by atoms with Crippen LogP contribution in [-0.2, 0) is 0 Å². The number of hydrogen-bond donors (Lipinski definition) is 3. The molecule has 5 nitrogen and oxygen atoms in total. The Hall–Kier alpha value is -1.14. The third-order valence-electron chi connectivity index (χ3n) is 2.77. The van der Waals surface area contributed by atoms with Crippen LogP contribution in [0.4, 0.5) is 4.79 Å². The number of aliphatic hydroxyl groups is 1. The van der Waals surface area contributed by atoms with Gasteiger partial charge in [0.15, 0.2) is 0 Å². The molecule has 2 amide bonds. The molecular weight excluding hydrogens is 262 g/mol. The summed E-state index contributed by atoms with van der Waals surface area (Å²) in [4.78, 5) is 16.1. The van der Waals surface area contributed by atoms with Gasteiger partial charge in [-0.25, -0.2) is 9.78 Å². The van der Waals surface area contributed by atoms with Crippen LogP contribution < -0.4 is 10.6 Å². The summed E-state index contributed by atoms with van der Waals surface area (Å²) >= 11 is 1.55. The number of urea groups is 1. The maximum Gasteiger partial charge on any atom is 0.315 e. The van der Waals surface area contributed by atoms with Crippen molar-refractivity contribution >= 4 is 17.4 Å². The van der Waals surface area contributed by atoms with Crippen molar-refractivity contribution < 1.29 is 9.90 Å². The molecule has 0 saturated heterocycles. The number of aryl methyl sites for hydroxylation is 1. The first kappa shape index (κ1) is 15.9. The van der Waals surface area contributed by atoms with Crippen LogP contribution in [0.1, 0.15) is 49.9 Å². The first-order valence-corrected chi connectivity index (χ1v) is 7.59. The van der Waals surface area contributed by atoms with Gasteiger partial charge in [-0.3, -0.25) is 0 Å². The minimum Gasteiger partial charge on any atom is -0.391 e. The molecule has 1 rings (SSSR count). The molecule has 108 valence electrons. The smallest absolute Gasteiger partial charge is 0.315 e. The van der Waals surface area contributed by atoms with Crippen molar-refractivity contribution in [2.75, 3.05) is 6.54 Å². The fourth-order valence-corrected chi connectivity index (χ4v) is 2.66. The van der Waals surface area contributed by atoms with E-state index in [1.807, 2.05) is 26.2 Å². The van der Waals surface area contributed by atoms with Crippen LogP contribution in [0.15, 0.2) is 5.38 Å². The van der Waals surface area contributed by atoms with E-state index in [2.05, 4.69) is 15.6 Å². The highest BCUT2D eigenvalue weighted by Gasteiger charge is 2.16.